The van der Waals surface area contributed by atoms with Gasteiger partial charge in [-0.15, -0.1) is 0 Å². The molecular weight excluding hydrogens is 366 g/mol. The summed E-state index contributed by atoms with van der Waals surface area (Å²) in [5, 5.41) is 6.06. The minimum Gasteiger partial charge on any atom is -0.325 e. The SMILES string of the molecule is O=C(CN1C(=O)NC2(CCc3ccccc3C2)C1=O)Nc1ccc(Cl)cc1. The largest absolute Gasteiger partial charge is 0.325 e. The first-order chi connectivity index (χ1) is 13.0. The third-order valence-corrected chi connectivity index (χ3v) is 5.36. The molecule has 4 rings (SSSR count). The number of hydrogen-bond acceptors (Lipinski definition) is 3. The first kappa shape index (κ1) is 17.5. The van der Waals surface area contributed by atoms with Gasteiger partial charge in [0.25, 0.3) is 5.91 Å². The highest BCUT2D eigenvalue weighted by Gasteiger charge is 2.52. The average Bonchev–Trinajstić information content (AvgIpc) is 2.87. The summed E-state index contributed by atoms with van der Waals surface area (Å²) < 4.78 is 0. The van der Waals surface area contributed by atoms with E-state index in [1.54, 1.807) is 24.3 Å². The number of aryl methyl sites for hydroxylation is 1. The normalized spacial score (nSPS) is 21.1. The molecule has 1 heterocycles. The lowest BCUT2D eigenvalue weighted by Gasteiger charge is -2.32. The first-order valence-electron chi connectivity index (χ1n) is 8.73. The van der Waals surface area contributed by atoms with Crippen LogP contribution in [0.3, 0.4) is 0 Å². The Bertz CT molecular complexity index is 928. The van der Waals surface area contributed by atoms with Crippen LogP contribution < -0.4 is 10.6 Å². The summed E-state index contributed by atoms with van der Waals surface area (Å²) >= 11 is 5.82. The topological polar surface area (TPSA) is 78.5 Å². The second-order valence-corrected chi connectivity index (χ2v) is 7.34. The smallest absolute Gasteiger partial charge is 0.325 e. The van der Waals surface area contributed by atoms with Gasteiger partial charge in [0, 0.05) is 17.1 Å². The van der Waals surface area contributed by atoms with E-state index >= 15 is 0 Å². The number of carbonyl (C=O) groups is 3. The third-order valence-electron chi connectivity index (χ3n) is 5.11. The fraction of sp³-hybridized carbons (Fsp3) is 0.250. The molecule has 2 aliphatic rings. The number of imide groups is 1. The predicted octanol–water partition coefficient (Wildman–Crippen LogP) is 2.76. The van der Waals surface area contributed by atoms with Crippen molar-refractivity contribution < 1.29 is 14.4 Å². The molecular formula is C20H18ClN3O3. The zero-order valence-electron chi connectivity index (χ0n) is 14.5. The van der Waals surface area contributed by atoms with Crippen molar-refractivity contribution in [2.75, 3.05) is 11.9 Å². The van der Waals surface area contributed by atoms with Crippen molar-refractivity contribution in [3.8, 4) is 0 Å². The van der Waals surface area contributed by atoms with Gasteiger partial charge in [-0.1, -0.05) is 35.9 Å². The molecule has 0 saturated carbocycles. The number of urea groups is 1. The molecule has 138 valence electrons. The van der Waals surface area contributed by atoms with Crippen molar-refractivity contribution in [2.45, 2.75) is 24.8 Å². The van der Waals surface area contributed by atoms with Crippen LogP contribution in [0, 0.1) is 0 Å². The molecule has 1 aliphatic carbocycles. The molecule has 2 N–H and O–H groups in total. The van der Waals surface area contributed by atoms with Crippen molar-refractivity contribution in [2.24, 2.45) is 0 Å². The molecule has 1 aliphatic heterocycles. The predicted molar refractivity (Wildman–Crippen MR) is 102 cm³/mol. The maximum Gasteiger partial charge on any atom is 0.325 e. The van der Waals surface area contributed by atoms with E-state index in [-0.39, 0.29) is 12.5 Å². The molecule has 2 aromatic carbocycles. The third kappa shape index (κ3) is 3.28. The van der Waals surface area contributed by atoms with E-state index in [1.165, 1.54) is 5.56 Å². The number of halogens is 1. The standard InChI is InChI=1S/C20H18ClN3O3/c21-15-5-7-16(8-6-15)22-17(25)12-24-18(26)20(23-19(24)27)10-9-13-3-1-2-4-14(13)11-20/h1-8H,9-12H2,(H,22,25)(H,23,27). The van der Waals surface area contributed by atoms with E-state index in [1.807, 2.05) is 24.3 Å². The highest BCUT2D eigenvalue weighted by molar-refractivity contribution is 6.30. The molecule has 1 atom stereocenters. The van der Waals surface area contributed by atoms with E-state index in [9.17, 15) is 14.4 Å². The first-order valence-corrected chi connectivity index (χ1v) is 9.11. The monoisotopic (exact) mass is 383 g/mol. The van der Waals surface area contributed by atoms with Crippen LogP contribution in [-0.4, -0.2) is 34.8 Å². The van der Waals surface area contributed by atoms with Crippen LogP contribution in [0.4, 0.5) is 10.5 Å². The van der Waals surface area contributed by atoms with Crippen molar-refractivity contribution in [1.29, 1.82) is 0 Å². The van der Waals surface area contributed by atoms with Crippen LogP contribution in [0.15, 0.2) is 48.5 Å². The second-order valence-electron chi connectivity index (χ2n) is 6.90. The van der Waals surface area contributed by atoms with Gasteiger partial charge in [-0.25, -0.2) is 4.79 Å². The number of carbonyl (C=O) groups excluding carboxylic acids is 3. The summed E-state index contributed by atoms with van der Waals surface area (Å²) in [5.74, 6) is -0.776. The average molecular weight is 384 g/mol. The number of fused-ring (bicyclic) bond motifs is 1. The number of amides is 4. The molecule has 0 aromatic heterocycles. The van der Waals surface area contributed by atoms with Crippen molar-refractivity contribution in [3.05, 3.63) is 64.7 Å². The van der Waals surface area contributed by atoms with E-state index in [4.69, 9.17) is 11.6 Å². The molecule has 1 unspecified atom stereocenters. The van der Waals surface area contributed by atoms with E-state index in [0.717, 1.165) is 10.5 Å². The van der Waals surface area contributed by atoms with Gasteiger partial charge < -0.3 is 10.6 Å². The number of nitrogens with zero attached hydrogens (tertiary/aromatic N) is 1. The van der Waals surface area contributed by atoms with Crippen LogP contribution >= 0.6 is 11.6 Å². The molecule has 1 spiro atoms. The van der Waals surface area contributed by atoms with Crippen molar-refractivity contribution in [1.82, 2.24) is 10.2 Å². The van der Waals surface area contributed by atoms with Crippen LogP contribution in [0.5, 0.6) is 0 Å². The maximum absolute atomic E-state index is 13.0. The van der Waals surface area contributed by atoms with Crippen LogP contribution in [0.1, 0.15) is 17.5 Å². The lowest BCUT2D eigenvalue weighted by atomic mass is 9.78. The summed E-state index contributed by atoms with van der Waals surface area (Å²) in [6.45, 7) is -0.323. The lowest BCUT2D eigenvalue weighted by molar-refractivity contribution is -0.134. The molecule has 1 saturated heterocycles. The zero-order valence-corrected chi connectivity index (χ0v) is 15.3. The van der Waals surface area contributed by atoms with Gasteiger partial charge in [-0.2, -0.15) is 0 Å². The zero-order chi connectivity index (χ0) is 19.0. The summed E-state index contributed by atoms with van der Waals surface area (Å²) in [6.07, 6.45) is 1.69. The Kier molecular flexibility index (Phi) is 4.36. The van der Waals surface area contributed by atoms with Gasteiger partial charge in [-0.05, 0) is 48.2 Å². The Morgan fingerprint density at radius 3 is 2.56 bits per heavy atom. The Labute approximate surface area is 161 Å². The van der Waals surface area contributed by atoms with Gasteiger partial charge in [0.15, 0.2) is 0 Å². The van der Waals surface area contributed by atoms with Crippen molar-refractivity contribution >= 4 is 35.1 Å². The van der Waals surface area contributed by atoms with Crippen LogP contribution in [0.2, 0.25) is 5.02 Å². The van der Waals surface area contributed by atoms with Gasteiger partial charge in [0.05, 0.1) is 0 Å². The van der Waals surface area contributed by atoms with Gasteiger partial charge >= 0.3 is 6.03 Å². The van der Waals surface area contributed by atoms with Gasteiger partial charge in [0.2, 0.25) is 5.91 Å². The van der Waals surface area contributed by atoms with Gasteiger partial charge in [0.1, 0.15) is 12.1 Å². The van der Waals surface area contributed by atoms with E-state index < -0.39 is 17.5 Å². The quantitative estimate of drug-likeness (QED) is 0.800. The van der Waals surface area contributed by atoms with E-state index in [0.29, 0.717) is 30.0 Å². The molecule has 1 fully saturated rings. The molecule has 0 radical (unpaired) electrons. The van der Waals surface area contributed by atoms with Crippen LogP contribution in [0.25, 0.3) is 0 Å². The number of hydrogen-bond donors (Lipinski definition) is 2. The number of anilines is 1. The Balaban J connectivity index is 1.47. The van der Waals surface area contributed by atoms with Crippen molar-refractivity contribution in [3.63, 3.8) is 0 Å². The molecule has 4 amide bonds. The fourth-order valence-corrected chi connectivity index (χ4v) is 3.85. The summed E-state index contributed by atoms with van der Waals surface area (Å²) in [4.78, 5) is 38.7. The number of benzene rings is 2. The minimum atomic E-state index is -0.952. The summed E-state index contributed by atoms with van der Waals surface area (Å²) in [5.41, 5.74) is 1.86. The molecule has 6 nitrogen and oxygen atoms in total. The van der Waals surface area contributed by atoms with Gasteiger partial charge in [-0.3, -0.25) is 14.5 Å². The second kappa shape index (κ2) is 6.70. The Hall–Kier alpha value is -2.86. The molecule has 0 bridgehead atoms. The fourth-order valence-electron chi connectivity index (χ4n) is 3.72. The summed E-state index contributed by atoms with van der Waals surface area (Å²) in [6, 6.07) is 14.0. The number of rotatable bonds is 3. The molecule has 27 heavy (non-hydrogen) atoms. The molecule has 7 heteroatoms. The summed E-state index contributed by atoms with van der Waals surface area (Å²) in [7, 11) is 0. The highest BCUT2D eigenvalue weighted by Crippen LogP contribution is 2.33. The maximum atomic E-state index is 13.0. The van der Waals surface area contributed by atoms with Crippen LogP contribution in [-0.2, 0) is 22.4 Å². The number of nitrogens with one attached hydrogen (secondary N) is 2. The van der Waals surface area contributed by atoms with E-state index in [2.05, 4.69) is 10.6 Å². The highest BCUT2D eigenvalue weighted by atomic mass is 35.5. The Morgan fingerprint density at radius 2 is 1.81 bits per heavy atom. The lowest BCUT2D eigenvalue weighted by Crippen LogP contribution is -2.51. The molecule has 2 aromatic rings. The Morgan fingerprint density at radius 1 is 1.11 bits per heavy atom. The minimum absolute atomic E-state index is 0.323.